The summed E-state index contributed by atoms with van der Waals surface area (Å²) in [5, 5.41) is 3.55. The molecule has 0 atom stereocenters. The van der Waals surface area contributed by atoms with Crippen molar-refractivity contribution in [2.24, 2.45) is 0 Å². The summed E-state index contributed by atoms with van der Waals surface area (Å²) in [4.78, 5) is 10.3. The third-order valence-electron chi connectivity index (χ3n) is 6.97. The maximum absolute atomic E-state index is 6.43. The van der Waals surface area contributed by atoms with E-state index in [1.165, 1.54) is 16.0 Å². The Morgan fingerprint density at radius 3 is 2.73 bits per heavy atom. The monoisotopic (exact) mass is 427 g/mol. The van der Waals surface area contributed by atoms with Crippen molar-refractivity contribution in [2.45, 2.75) is 63.1 Å². The minimum Gasteiger partial charge on any atom is -0.382 e. The summed E-state index contributed by atoms with van der Waals surface area (Å²) in [6, 6.07) is 6.76. The van der Waals surface area contributed by atoms with Gasteiger partial charge in [-0.15, -0.1) is 11.3 Å². The van der Waals surface area contributed by atoms with Crippen LogP contribution < -0.4 is 5.32 Å². The Morgan fingerprint density at radius 2 is 2.07 bits per heavy atom. The number of methoxy groups -OCH3 is 1. The minimum atomic E-state index is -0.0417. The summed E-state index contributed by atoms with van der Waals surface area (Å²) in [6.07, 6.45) is 8.74. The maximum Gasteiger partial charge on any atom is 0.126 e. The zero-order chi connectivity index (χ0) is 20.6. The van der Waals surface area contributed by atoms with Gasteiger partial charge in [0.15, 0.2) is 0 Å². The lowest BCUT2D eigenvalue weighted by Gasteiger charge is -2.44. The van der Waals surface area contributed by atoms with Gasteiger partial charge >= 0.3 is 0 Å². The van der Waals surface area contributed by atoms with Gasteiger partial charge in [0.25, 0.3) is 0 Å². The molecule has 2 fully saturated rings. The van der Waals surface area contributed by atoms with Gasteiger partial charge in [0.1, 0.15) is 5.82 Å². The fourth-order valence-corrected chi connectivity index (χ4v) is 6.16. The lowest BCUT2D eigenvalue weighted by Crippen LogP contribution is -2.45. The van der Waals surface area contributed by atoms with Gasteiger partial charge in [-0.1, -0.05) is 13.0 Å². The lowest BCUT2D eigenvalue weighted by atomic mass is 9.82. The van der Waals surface area contributed by atoms with Crippen LogP contribution in [0.1, 0.15) is 53.5 Å². The number of anilines is 1. The second-order valence-corrected chi connectivity index (χ2v) is 10.4. The van der Waals surface area contributed by atoms with Crippen LogP contribution in [0.4, 0.5) is 5.82 Å². The molecule has 30 heavy (non-hydrogen) atoms. The average Bonchev–Trinajstić information content (AvgIpc) is 3.37. The smallest absolute Gasteiger partial charge is 0.126 e. The van der Waals surface area contributed by atoms with Crippen LogP contribution in [0.5, 0.6) is 0 Å². The largest absolute Gasteiger partial charge is 0.382 e. The number of fused-ring (bicyclic) bond motifs is 2. The number of pyridine rings is 1. The minimum absolute atomic E-state index is 0.0417. The summed E-state index contributed by atoms with van der Waals surface area (Å²) in [5.41, 5.74) is 2.85. The maximum atomic E-state index is 6.43. The first-order valence-corrected chi connectivity index (χ1v) is 12.2. The van der Waals surface area contributed by atoms with Crippen LogP contribution >= 0.6 is 11.3 Å². The number of nitrogens with zero attached hydrogens (tertiary/aromatic N) is 2. The van der Waals surface area contributed by atoms with Crippen molar-refractivity contribution < 1.29 is 9.47 Å². The zero-order valence-electron chi connectivity index (χ0n) is 18.2. The molecule has 0 bridgehead atoms. The molecule has 162 valence electrons. The summed E-state index contributed by atoms with van der Waals surface area (Å²) in [6.45, 7) is 6.99. The molecule has 2 aromatic rings. The number of aryl methyl sites for hydroxylation is 1. The average molecular weight is 428 g/mol. The predicted molar refractivity (Wildman–Crippen MR) is 121 cm³/mol. The molecule has 2 aromatic heterocycles. The van der Waals surface area contributed by atoms with E-state index in [2.05, 4.69) is 40.3 Å². The van der Waals surface area contributed by atoms with Crippen molar-refractivity contribution in [2.75, 3.05) is 38.7 Å². The SMILES string of the molecule is CCc1cc2c(s1)CCOC21CCN(Cc2ccc(NC3(COC)CC3)nc2)CC1. The van der Waals surface area contributed by atoms with Crippen LogP contribution in [-0.2, 0) is 34.5 Å². The molecule has 0 radical (unpaired) electrons. The Labute approximate surface area is 183 Å². The topological polar surface area (TPSA) is 46.6 Å². The highest BCUT2D eigenvalue weighted by Gasteiger charge is 2.43. The second-order valence-electron chi connectivity index (χ2n) is 9.16. The van der Waals surface area contributed by atoms with E-state index in [9.17, 15) is 0 Å². The molecule has 1 saturated heterocycles. The van der Waals surface area contributed by atoms with Crippen LogP contribution in [-0.4, -0.2) is 48.8 Å². The van der Waals surface area contributed by atoms with Crippen molar-refractivity contribution in [3.05, 3.63) is 45.3 Å². The first-order valence-electron chi connectivity index (χ1n) is 11.3. The van der Waals surface area contributed by atoms with Crippen LogP contribution in [0, 0.1) is 0 Å². The number of aromatic nitrogens is 1. The van der Waals surface area contributed by atoms with Gasteiger partial charge in [0, 0.05) is 49.1 Å². The van der Waals surface area contributed by atoms with Gasteiger partial charge in [-0.25, -0.2) is 4.98 Å². The van der Waals surface area contributed by atoms with Gasteiger partial charge in [-0.05, 0) is 55.4 Å². The molecule has 0 amide bonds. The van der Waals surface area contributed by atoms with E-state index in [1.54, 1.807) is 12.0 Å². The Kier molecular flexibility index (Phi) is 5.60. The Bertz CT molecular complexity index is 867. The molecule has 0 unspecified atom stereocenters. The molecule has 6 heteroatoms. The number of rotatable bonds is 7. The van der Waals surface area contributed by atoms with Gasteiger partial charge in [0.2, 0.25) is 0 Å². The predicted octanol–water partition coefficient (Wildman–Crippen LogP) is 4.36. The number of hydrogen-bond donors (Lipinski definition) is 1. The van der Waals surface area contributed by atoms with Crippen molar-refractivity contribution in [1.82, 2.24) is 9.88 Å². The lowest BCUT2D eigenvalue weighted by molar-refractivity contribution is -0.0981. The van der Waals surface area contributed by atoms with E-state index >= 15 is 0 Å². The summed E-state index contributed by atoms with van der Waals surface area (Å²) in [7, 11) is 1.77. The number of piperidine rings is 1. The van der Waals surface area contributed by atoms with Gasteiger partial charge < -0.3 is 14.8 Å². The third-order valence-corrected chi connectivity index (χ3v) is 8.31. The highest BCUT2D eigenvalue weighted by atomic mass is 32.1. The summed E-state index contributed by atoms with van der Waals surface area (Å²) in [5.74, 6) is 0.957. The van der Waals surface area contributed by atoms with E-state index in [4.69, 9.17) is 9.47 Å². The Balaban J connectivity index is 1.19. The molecule has 1 saturated carbocycles. The third kappa shape index (κ3) is 4.03. The molecule has 5 rings (SSSR count). The van der Waals surface area contributed by atoms with Crippen LogP contribution in [0.25, 0.3) is 0 Å². The van der Waals surface area contributed by atoms with Gasteiger partial charge in [-0.2, -0.15) is 0 Å². The van der Waals surface area contributed by atoms with E-state index in [-0.39, 0.29) is 11.1 Å². The quantitative estimate of drug-likeness (QED) is 0.711. The van der Waals surface area contributed by atoms with Crippen molar-refractivity contribution in [3.63, 3.8) is 0 Å². The van der Waals surface area contributed by atoms with E-state index in [1.807, 2.05) is 17.5 Å². The standard InChI is InChI=1S/C24H33N3O2S/c1-3-19-14-20-21(30-19)6-13-29-24(20)9-11-27(12-10-24)16-18-4-5-22(25-15-18)26-23(7-8-23)17-28-2/h4-5,14-15H,3,6-13,16-17H2,1-2H3,(H,25,26). The van der Waals surface area contributed by atoms with Gasteiger partial charge in [0.05, 0.1) is 24.4 Å². The molecular formula is C24H33N3O2S. The fourth-order valence-electron chi connectivity index (χ4n) is 4.99. The normalized spacial score (nSPS) is 22.1. The number of likely N-dealkylation sites (tertiary alicyclic amines) is 1. The number of nitrogens with one attached hydrogen (secondary N) is 1. The molecular weight excluding hydrogens is 394 g/mol. The summed E-state index contributed by atoms with van der Waals surface area (Å²) >= 11 is 2.00. The molecule has 4 heterocycles. The van der Waals surface area contributed by atoms with Crippen LogP contribution in [0.15, 0.2) is 24.4 Å². The van der Waals surface area contributed by atoms with E-state index in [0.717, 1.165) is 77.2 Å². The van der Waals surface area contributed by atoms with Crippen molar-refractivity contribution >= 4 is 17.2 Å². The van der Waals surface area contributed by atoms with Crippen molar-refractivity contribution in [3.8, 4) is 0 Å². The molecule has 5 nitrogen and oxygen atoms in total. The zero-order valence-corrected chi connectivity index (χ0v) is 19.0. The first-order chi connectivity index (χ1) is 14.6. The first kappa shape index (κ1) is 20.4. The van der Waals surface area contributed by atoms with Gasteiger partial charge in [-0.3, -0.25) is 4.90 Å². The number of thiophene rings is 1. The Morgan fingerprint density at radius 1 is 1.23 bits per heavy atom. The fraction of sp³-hybridized carbons (Fsp3) is 0.625. The summed E-state index contributed by atoms with van der Waals surface area (Å²) < 4.78 is 11.8. The molecule has 1 N–H and O–H groups in total. The van der Waals surface area contributed by atoms with E-state index < -0.39 is 0 Å². The number of hydrogen-bond acceptors (Lipinski definition) is 6. The second kappa shape index (κ2) is 8.23. The molecule has 3 aliphatic rings. The van der Waals surface area contributed by atoms with Crippen molar-refractivity contribution in [1.29, 1.82) is 0 Å². The highest BCUT2D eigenvalue weighted by molar-refractivity contribution is 7.12. The molecule has 2 aliphatic heterocycles. The molecule has 1 aliphatic carbocycles. The number of ether oxygens (including phenoxy) is 2. The van der Waals surface area contributed by atoms with Crippen LogP contribution in [0.2, 0.25) is 0 Å². The molecule has 1 spiro atoms. The van der Waals surface area contributed by atoms with Crippen LogP contribution in [0.3, 0.4) is 0 Å². The highest BCUT2D eigenvalue weighted by Crippen LogP contribution is 2.45. The van der Waals surface area contributed by atoms with E-state index in [0.29, 0.717) is 0 Å². The Hall–Kier alpha value is -1.47. The molecule has 0 aromatic carbocycles.